The second-order valence-electron chi connectivity index (χ2n) is 13.2. The van der Waals surface area contributed by atoms with Crippen LogP contribution in [0, 0.1) is 22.7 Å². The van der Waals surface area contributed by atoms with Crippen molar-refractivity contribution in [1.29, 1.82) is 0 Å². The van der Waals surface area contributed by atoms with E-state index in [0.29, 0.717) is 28.8 Å². The Hall–Kier alpha value is -0.530. The predicted octanol–water partition coefficient (Wildman–Crippen LogP) is 8.78. The van der Waals surface area contributed by atoms with E-state index in [1.807, 2.05) is 0 Å². The van der Waals surface area contributed by atoms with E-state index in [1.165, 1.54) is 83.5 Å². The molecule has 2 heteroatoms. The maximum atomic E-state index is 13.7. The van der Waals surface area contributed by atoms with E-state index in [-0.39, 0.29) is 0 Å². The predicted molar refractivity (Wildman–Crippen MR) is 135 cm³/mol. The van der Waals surface area contributed by atoms with Crippen LogP contribution >= 0.6 is 0 Å². The lowest BCUT2D eigenvalue weighted by molar-refractivity contribution is -0.141. The summed E-state index contributed by atoms with van der Waals surface area (Å²) in [5, 5.41) is 0. The van der Waals surface area contributed by atoms with Gasteiger partial charge in [0.2, 0.25) is 5.91 Å². The lowest BCUT2D eigenvalue weighted by atomic mass is 9.67. The van der Waals surface area contributed by atoms with E-state index in [0.717, 1.165) is 24.7 Å². The summed E-state index contributed by atoms with van der Waals surface area (Å²) in [5.41, 5.74) is 0.713. The Labute approximate surface area is 195 Å². The molecule has 2 aliphatic carbocycles. The lowest BCUT2D eigenvalue weighted by Crippen LogP contribution is -2.54. The van der Waals surface area contributed by atoms with Crippen molar-refractivity contribution >= 4 is 5.91 Å². The SMILES string of the molecule is CCCCCCCCCCC(=O)N([C@@H]1C[C@H](C)CC(C)(C)C1)[C@@H]1C[C@H](C)CC(C)(C)C1. The summed E-state index contributed by atoms with van der Waals surface area (Å²) in [6, 6.07) is 0.901. The summed E-state index contributed by atoms with van der Waals surface area (Å²) < 4.78 is 0. The highest BCUT2D eigenvalue weighted by molar-refractivity contribution is 5.77. The molecule has 0 heterocycles. The second kappa shape index (κ2) is 12.1. The highest BCUT2D eigenvalue weighted by Gasteiger charge is 2.42. The maximum Gasteiger partial charge on any atom is 0.223 e. The molecular formula is C29H55NO. The summed E-state index contributed by atoms with van der Waals surface area (Å²) in [7, 11) is 0. The number of carbonyl (C=O) groups excluding carboxylic acids is 1. The van der Waals surface area contributed by atoms with Crippen molar-refractivity contribution in [3.05, 3.63) is 0 Å². The third-order valence-corrected chi connectivity index (χ3v) is 8.05. The molecule has 182 valence electrons. The first-order valence-corrected chi connectivity index (χ1v) is 13.8. The third-order valence-electron chi connectivity index (χ3n) is 8.05. The first-order valence-electron chi connectivity index (χ1n) is 13.8. The van der Waals surface area contributed by atoms with Crippen LogP contribution in [-0.4, -0.2) is 22.9 Å². The van der Waals surface area contributed by atoms with Gasteiger partial charge in [-0.2, -0.15) is 0 Å². The van der Waals surface area contributed by atoms with Gasteiger partial charge in [-0.25, -0.2) is 0 Å². The fourth-order valence-corrected chi connectivity index (χ4v) is 7.26. The molecule has 4 atom stereocenters. The van der Waals surface area contributed by atoms with Crippen LogP contribution in [0.1, 0.15) is 145 Å². The summed E-state index contributed by atoms with van der Waals surface area (Å²) in [6.45, 7) is 16.8. The zero-order valence-electron chi connectivity index (χ0n) is 22.3. The number of amides is 1. The van der Waals surface area contributed by atoms with Gasteiger partial charge in [-0.15, -0.1) is 0 Å². The summed E-state index contributed by atoms with van der Waals surface area (Å²) in [4.78, 5) is 16.1. The van der Waals surface area contributed by atoms with E-state index >= 15 is 0 Å². The van der Waals surface area contributed by atoms with Crippen LogP contribution in [0.5, 0.6) is 0 Å². The Morgan fingerprint density at radius 3 is 1.55 bits per heavy atom. The van der Waals surface area contributed by atoms with Gasteiger partial charge in [-0.05, 0) is 67.6 Å². The van der Waals surface area contributed by atoms with Crippen molar-refractivity contribution in [2.75, 3.05) is 0 Å². The van der Waals surface area contributed by atoms with Gasteiger partial charge in [0, 0.05) is 18.5 Å². The average molecular weight is 434 g/mol. The van der Waals surface area contributed by atoms with Crippen molar-refractivity contribution in [2.45, 2.75) is 157 Å². The Morgan fingerprint density at radius 1 is 0.710 bits per heavy atom. The van der Waals surface area contributed by atoms with Crippen LogP contribution < -0.4 is 0 Å². The molecule has 0 unspecified atom stereocenters. The molecule has 31 heavy (non-hydrogen) atoms. The van der Waals surface area contributed by atoms with E-state index in [9.17, 15) is 4.79 Å². The first-order chi connectivity index (χ1) is 14.5. The number of carbonyl (C=O) groups is 1. The van der Waals surface area contributed by atoms with E-state index in [1.54, 1.807) is 0 Å². The summed E-state index contributed by atoms with van der Waals surface area (Å²) in [5.74, 6) is 1.91. The molecule has 1 amide bonds. The van der Waals surface area contributed by atoms with Crippen LogP contribution in [0.3, 0.4) is 0 Å². The lowest BCUT2D eigenvalue weighted by Gasteiger charge is -2.50. The molecule has 0 aromatic carbocycles. The number of rotatable bonds is 11. The summed E-state index contributed by atoms with van der Waals surface area (Å²) >= 11 is 0. The van der Waals surface area contributed by atoms with Crippen molar-refractivity contribution < 1.29 is 4.79 Å². The smallest absolute Gasteiger partial charge is 0.223 e. The van der Waals surface area contributed by atoms with Gasteiger partial charge in [0.25, 0.3) is 0 Å². The van der Waals surface area contributed by atoms with Gasteiger partial charge in [-0.1, -0.05) is 93.4 Å². The van der Waals surface area contributed by atoms with Gasteiger partial charge in [0.15, 0.2) is 0 Å². The fraction of sp³-hybridized carbons (Fsp3) is 0.966. The molecule has 0 aliphatic heterocycles. The quantitative estimate of drug-likeness (QED) is 0.298. The minimum atomic E-state index is 0.356. The maximum absolute atomic E-state index is 13.7. The van der Waals surface area contributed by atoms with Gasteiger partial charge >= 0.3 is 0 Å². The molecule has 0 aromatic rings. The average Bonchev–Trinajstić information content (AvgIpc) is 2.60. The highest BCUT2D eigenvalue weighted by Crippen LogP contribution is 2.45. The monoisotopic (exact) mass is 433 g/mol. The molecule has 2 rings (SSSR count). The second-order valence-corrected chi connectivity index (χ2v) is 13.2. The summed E-state index contributed by atoms with van der Waals surface area (Å²) in [6.07, 6.45) is 18.6. The third kappa shape index (κ3) is 9.09. The molecule has 0 radical (unpaired) electrons. The number of nitrogens with zero attached hydrogens (tertiary/aromatic N) is 1. The molecule has 0 aromatic heterocycles. The zero-order valence-corrected chi connectivity index (χ0v) is 22.3. The van der Waals surface area contributed by atoms with Gasteiger partial charge in [0.1, 0.15) is 0 Å². The van der Waals surface area contributed by atoms with Crippen LogP contribution in [0.2, 0.25) is 0 Å². The van der Waals surface area contributed by atoms with Crippen LogP contribution in [-0.2, 0) is 4.79 Å². The van der Waals surface area contributed by atoms with E-state index in [4.69, 9.17) is 0 Å². The minimum absolute atomic E-state index is 0.356. The van der Waals surface area contributed by atoms with Crippen molar-refractivity contribution in [1.82, 2.24) is 4.90 Å². The number of unbranched alkanes of at least 4 members (excludes halogenated alkanes) is 7. The van der Waals surface area contributed by atoms with Gasteiger partial charge in [-0.3, -0.25) is 4.79 Å². The van der Waals surface area contributed by atoms with Crippen LogP contribution in [0.15, 0.2) is 0 Å². The Bertz CT molecular complexity index is 505. The molecule has 2 fully saturated rings. The number of hydrogen-bond donors (Lipinski definition) is 0. The fourth-order valence-electron chi connectivity index (χ4n) is 7.26. The van der Waals surface area contributed by atoms with Crippen LogP contribution in [0.25, 0.3) is 0 Å². The Kier molecular flexibility index (Phi) is 10.4. The Morgan fingerprint density at radius 2 is 1.13 bits per heavy atom. The van der Waals surface area contributed by atoms with Gasteiger partial charge < -0.3 is 4.90 Å². The first kappa shape index (κ1) is 26.7. The largest absolute Gasteiger partial charge is 0.337 e. The van der Waals surface area contributed by atoms with Crippen molar-refractivity contribution in [2.24, 2.45) is 22.7 Å². The molecule has 2 nitrogen and oxygen atoms in total. The molecule has 2 saturated carbocycles. The van der Waals surface area contributed by atoms with Crippen molar-refractivity contribution in [3.8, 4) is 0 Å². The van der Waals surface area contributed by atoms with E-state index < -0.39 is 0 Å². The Balaban J connectivity index is 1.99. The topological polar surface area (TPSA) is 20.3 Å². The zero-order chi connectivity index (χ0) is 23.1. The molecular weight excluding hydrogens is 378 g/mol. The molecule has 0 N–H and O–H groups in total. The number of hydrogen-bond acceptors (Lipinski definition) is 1. The van der Waals surface area contributed by atoms with Crippen molar-refractivity contribution in [3.63, 3.8) is 0 Å². The normalized spacial score (nSPS) is 30.2. The molecule has 0 spiro atoms. The molecule has 2 aliphatic rings. The van der Waals surface area contributed by atoms with Crippen LogP contribution in [0.4, 0.5) is 0 Å². The molecule has 0 saturated heterocycles. The van der Waals surface area contributed by atoms with Gasteiger partial charge in [0.05, 0.1) is 0 Å². The minimum Gasteiger partial charge on any atom is -0.337 e. The van der Waals surface area contributed by atoms with E-state index in [2.05, 4.69) is 53.4 Å². The highest BCUT2D eigenvalue weighted by atomic mass is 16.2. The standard InChI is InChI=1S/C29H55NO/c1-8-9-10-11-12-13-14-15-16-27(31)30(25-17-23(2)19-28(4,5)21-25)26-18-24(3)20-29(6,7)22-26/h23-26H,8-22H2,1-7H3/t23-,24-,25+,26+/m0/s1. The molecule has 0 bridgehead atoms.